The Morgan fingerprint density at radius 2 is 2.00 bits per heavy atom. The maximum absolute atomic E-state index is 11.3. The molecule has 0 radical (unpaired) electrons. The van der Waals surface area contributed by atoms with Crippen LogP contribution in [0.1, 0.15) is 19.8 Å². The fourth-order valence-electron chi connectivity index (χ4n) is 1.31. The number of hydrogen-bond acceptors (Lipinski definition) is 3. The maximum Gasteiger partial charge on any atom is 0.396 e. The molecule has 4 heteroatoms. The first-order chi connectivity index (χ1) is 6.07. The summed E-state index contributed by atoms with van der Waals surface area (Å²) in [5, 5.41) is 0. The summed E-state index contributed by atoms with van der Waals surface area (Å²) in [6.45, 7) is 1.96. The molecule has 74 valence electrons. The highest BCUT2D eigenvalue weighted by Crippen LogP contribution is 2.34. The van der Waals surface area contributed by atoms with Gasteiger partial charge in [-0.3, -0.25) is 4.79 Å². The van der Waals surface area contributed by atoms with Crippen molar-refractivity contribution in [2.75, 3.05) is 14.2 Å². The Labute approximate surface area is 77.8 Å². The number of hydrogen-bond donors (Lipinski definition) is 0. The molecule has 0 heterocycles. The van der Waals surface area contributed by atoms with E-state index in [2.05, 4.69) is 4.74 Å². The lowest BCUT2D eigenvalue weighted by Gasteiger charge is -2.23. The standard InChI is InChI=1S/C9H15NO3/c1-6(7-4-5-7)10(2)8(11)9(12)13-3/h6-7H,4-5H2,1-3H3. The second-order valence-electron chi connectivity index (χ2n) is 3.49. The molecule has 1 rings (SSSR count). The first-order valence-electron chi connectivity index (χ1n) is 4.43. The highest BCUT2D eigenvalue weighted by atomic mass is 16.5. The highest BCUT2D eigenvalue weighted by Gasteiger charge is 2.34. The summed E-state index contributed by atoms with van der Waals surface area (Å²) in [6, 6.07) is 0.145. The molecule has 4 nitrogen and oxygen atoms in total. The van der Waals surface area contributed by atoms with Gasteiger partial charge in [-0.1, -0.05) is 0 Å². The number of amides is 1. The van der Waals surface area contributed by atoms with Crippen molar-refractivity contribution >= 4 is 11.9 Å². The van der Waals surface area contributed by atoms with Crippen LogP contribution < -0.4 is 0 Å². The number of likely N-dealkylation sites (N-methyl/N-ethyl adjacent to an activating group) is 1. The van der Waals surface area contributed by atoms with Gasteiger partial charge in [-0.2, -0.15) is 0 Å². The Hall–Kier alpha value is -1.06. The van der Waals surface area contributed by atoms with Gasteiger partial charge in [-0.25, -0.2) is 4.79 Å². The zero-order chi connectivity index (χ0) is 10.0. The van der Waals surface area contributed by atoms with Crippen LogP contribution in [-0.4, -0.2) is 37.0 Å². The van der Waals surface area contributed by atoms with E-state index in [1.807, 2.05) is 6.92 Å². The number of carbonyl (C=O) groups excluding carboxylic acids is 2. The molecular formula is C9H15NO3. The molecule has 0 spiro atoms. The summed E-state index contributed by atoms with van der Waals surface area (Å²) in [4.78, 5) is 23.6. The summed E-state index contributed by atoms with van der Waals surface area (Å²) >= 11 is 0. The van der Waals surface area contributed by atoms with Crippen molar-refractivity contribution in [2.45, 2.75) is 25.8 Å². The third kappa shape index (κ3) is 2.20. The van der Waals surface area contributed by atoms with Gasteiger partial charge in [0.15, 0.2) is 0 Å². The van der Waals surface area contributed by atoms with Crippen molar-refractivity contribution in [3.8, 4) is 0 Å². The summed E-state index contributed by atoms with van der Waals surface area (Å²) in [7, 11) is 2.86. The van der Waals surface area contributed by atoms with Crippen LogP contribution in [0.3, 0.4) is 0 Å². The lowest BCUT2D eigenvalue weighted by Crippen LogP contribution is -2.41. The SMILES string of the molecule is COC(=O)C(=O)N(C)C(C)C1CC1. The molecule has 0 N–H and O–H groups in total. The van der Waals surface area contributed by atoms with Gasteiger partial charge in [0.1, 0.15) is 0 Å². The van der Waals surface area contributed by atoms with Gasteiger partial charge >= 0.3 is 11.9 Å². The summed E-state index contributed by atoms with van der Waals surface area (Å²) < 4.78 is 4.35. The Morgan fingerprint density at radius 1 is 1.46 bits per heavy atom. The molecule has 1 fully saturated rings. The highest BCUT2D eigenvalue weighted by molar-refractivity contribution is 6.32. The van der Waals surface area contributed by atoms with Crippen LogP contribution in [0, 0.1) is 5.92 Å². The van der Waals surface area contributed by atoms with Gasteiger partial charge in [0.05, 0.1) is 7.11 Å². The van der Waals surface area contributed by atoms with Crippen LogP contribution in [0.15, 0.2) is 0 Å². The van der Waals surface area contributed by atoms with Gasteiger partial charge < -0.3 is 9.64 Å². The normalized spacial score (nSPS) is 17.8. The predicted molar refractivity (Wildman–Crippen MR) is 47.0 cm³/mol. The van der Waals surface area contributed by atoms with E-state index < -0.39 is 11.9 Å². The summed E-state index contributed by atoms with van der Waals surface area (Å²) in [6.07, 6.45) is 2.31. The van der Waals surface area contributed by atoms with Crippen LogP contribution in [0.5, 0.6) is 0 Å². The van der Waals surface area contributed by atoms with Crippen molar-refractivity contribution < 1.29 is 14.3 Å². The number of methoxy groups -OCH3 is 1. The van der Waals surface area contributed by atoms with E-state index in [1.54, 1.807) is 7.05 Å². The average molecular weight is 185 g/mol. The molecule has 1 aliphatic rings. The molecule has 13 heavy (non-hydrogen) atoms. The largest absolute Gasteiger partial charge is 0.462 e. The van der Waals surface area contributed by atoms with Gasteiger partial charge in [0.25, 0.3) is 0 Å². The van der Waals surface area contributed by atoms with Crippen molar-refractivity contribution in [2.24, 2.45) is 5.92 Å². The minimum Gasteiger partial charge on any atom is -0.462 e. The molecule has 0 aliphatic heterocycles. The number of nitrogens with zero attached hydrogens (tertiary/aromatic N) is 1. The van der Waals surface area contributed by atoms with Crippen molar-refractivity contribution in [1.29, 1.82) is 0 Å². The second kappa shape index (κ2) is 3.77. The molecule has 1 amide bonds. The molecular weight excluding hydrogens is 170 g/mol. The first kappa shape index (κ1) is 10.0. The van der Waals surface area contributed by atoms with E-state index in [0.29, 0.717) is 5.92 Å². The fourth-order valence-corrected chi connectivity index (χ4v) is 1.31. The molecule has 0 aromatic heterocycles. The molecule has 0 saturated heterocycles. The molecule has 1 aliphatic carbocycles. The maximum atomic E-state index is 11.3. The van der Waals surface area contributed by atoms with Gasteiger partial charge in [-0.15, -0.1) is 0 Å². The lowest BCUT2D eigenvalue weighted by molar-refractivity contribution is -0.158. The molecule has 1 unspecified atom stereocenters. The molecule has 0 aromatic rings. The zero-order valence-electron chi connectivity index (χ0n) is 8.24. The average Bonchev–Trinajstić information content (AvgIpc) is 2.96. The minimum atomic E-state index is -0.782. The van der Waals surface area contributed by atoms with E-state index in [0.717, 1.165) is 12.8 Å². The van der Waals surface area contributed by atoms with E-state index in [1.165, 1.54) is 12.0 Å². The van der Waals surface area contributed by atoms with Crippen molar-refractivity contribution in [3.63, 3.8) is 0 Å². The number of carbonyl (C=O) groups is 2. The summed E-state index contributed by atoms with van der Waals surface area (Å²) in [5.41, 5.74) is 0. The Bertz CT molecular complexity index is 223. The molecule has 0 aromatic carbocycles. The van der Waals surface area contributed by atoms with Gasteiger partial charge in [0.2, 0.25) is 0 Å². The van der Waals surface area contributed by atoms with Crippen LogP contribution >= 0.6 is 0 Å². The number of rotatable bonds is 2. The molecule has 1 atom stereocenters. The van der Waals surface area contributed by atoms with Crippen LogP contribution in [0.4, 0.5) is 0 Å². The Morgan fingerprint density at radius 3 is 2.38 bits per heavy atom. The fraction of sp³-hybridized carbons (Fsp3) is 0.778. The predicted octanol–water partition coefficient (Wildman–Crippen LogP) is 0.416. The topological polar surface area (TPSA) is 46.6 Å². The zero-order valence-corrected chi connectivity index (χ0v) is 8.24. The quantitative estimate of drug-likeness (QED) is 0.462. The Kier molecular flexibility index (Phi) is 2.90. The van der Waals surface area contributed by atoms with E-state index in [-0.39, 0.29) is 6.04 Å². The van der Waals surface area contributed by atoms with E-state index in [4.69, 9.17) is 0 Å². The third-order valence-corrected chi connectivity index (χ3v) is 2.60. The molecule has 1 saturated carbocycles. The van der Waals surface area contributed by atoms with E-state index in [9.17, 15) is 9.59 Å². The van der Waals surface area contributed by atoms with Gasteiger partial charge in [-0.05, 0) is 25.7 Å². The van der Waals surface area contributed by atoms with Crippen molar-refractivity contribution in [1.82, 2.24) is 4.90 Å². The minimum absolute atomic E-state index is 0.145. The third-order valence-electron chi connectivity index (χ3n) is 2.60. The van der Waals surface area contributed by atoms with Gasteiger partial charge in [0, 0.05) is 13.1 Å². The first-order valence-corrected chi connectivity index (χ1v) is 4.43. The Balaban J connectivity index is 2.49. The lowest BCUT2D eigenvalue weighted by atomic mass is 10.2. The summed E-state index contributed by atoms with van der Waals surface area (Å²) in [5.74, 6) is -0.768. The molecule has 0 bridgehead atoms. The number of ether oxygens (including phenoxy) is 1. The van der Waals surface area contributed by atoms with Crippen molar-refractivity contribution in [3.05, 3.63) is 0 Å². The van der Waals surface area contributed by atoms with Crippen LogP contribution in [-0.2, 0) is 14.3 Å². The van der Waals surface area contributed by atoms with Crippen LogP contribution in [0.25, 0.3) is 0 Å². The second-order valence-corrected chi connectivity index (χ2v) is 3.49. The number of esters is 1. The van der Waals surface area contributed by atoms with E-state index >= 15 is 0 Å². The van der Waals surface area contributed by atoms with Crippen LogP contribution in [0.2, 0.25) is 0 Å². The smallest absolute Gasteiger partial charge is 0.396 e. The monoisotopic (exact) mass is 185 g/mol.